The lowest BCUT2D eigenvalue weighted by Gasteiger charge is -2.12. The number of hydrogen-bond acceptors (Lipinski definition) is 3. The summed E-state index contributed by atoms with van der Waals surface area (Å²) >= 11 is 5.99. The molecule has 0 saturated carbocycles. The van der Waals surface area contributed by atoms with Gasteiger partial charge in [0.15, 0.2) is 0 Å². The van der Waals surface area contributed by atoms with Crippen molar-refractivity contribution in [1.29, 1.82) is 0 Å². The van der Waals surface area contributed by atoms with Crippen molar-refractivity contribution in [1.82, 2.24) is 4.98 Å². The maximum absolute atomic E-state index is 5.99. The Morgan fingerprint density at radius 2 is 1.82 bits per heavy atom. The smallest absolute Gasteiger partial charge is 0.132 e. The molecule has 0 radical (unpaired) electrons. The molecule has 1 N–H and O–H groups in total. The number of pyridine rings is 1. The summed E-state index contributed by atoms with van der Waals surface area (Å²) in [7, 11) is 0. The highest BCUT2D eigenvalue weighted by Gasteiger charge is 2.05. The minimum absolute atomic E-state index is 0.633. The molecule has 0 aliphatic heterocycles. The highest BCUT2D eigenvalue weighted by Crippen LogP contribution is 2.27. The number of aromatic nitrogens is 1. The van der Waals surface area contributed by atoms with Gasteiger partial charge in [-0.3, -0.25) is 0 Å². The minimum Gasteiger partial charge on any atom is -0.457 e. The van der Waals surface area contributed by atoms with Gasteiger partial charge in [-0.1, -0.05) is 41.9 Å². The maximum Gasteiger partial charge on any atom is 0.132 e. The summed E-state index contributed by atoms with van der Waals surface area (Å²) in [6.45, 7) is 0.633. The number of ether oxygens (including phenoxy) is 1. The van der Waals surface area contributed by atoms with Crippen LogP contribution in [0.5, 0.6) is 11.5 Å². The van der Waals surface area contributed by atoms with Crippen molar-refractivity contribution < 1.29 is 4.74 Å². The van der Waals surface area contributed by atoms with E-state index in [0.717, 1.165) is 22.9 Å². The average Bonchev–Trinajstić information content (AvgIpc) is 2.55. The number of para-hydroxylation sites is 1. The standard InChI is InChI=1S/C18H15ClN2O/c19-15-7-5-8-16(12-15)22-17-9-2-1-6-14(17)13-21-18-10-3-4-11-20-18/h1-12H,13H2,(H,20,21). The van der Waals surface area contributed by atoms with E-state index in [9.17, 15) is 0 Å². The Morgan fingerprint density at radius 1 is 0.955 bits per heavy atom. The predicted octanol–water partition coefficient (Wildman–Crippen LogP) is 5.14. The number of halogens is 1. The second kappa shape index (κ2) is 6.96. The molecule has 0 aliphatic carbocycles. The second-order valence-corrected chi connectivity index (χ2v) is 5.17. The first-order valence-corrected chi connectivity index (χ1v) is 7.35. The van der Waals surface area contributed by atoms with Crippen molar-refractivity contribution in [3.63, 3.8) is 0 Å². The van der Waals surface area contributed by atoms with Crippen molar-refractivity contribution in [2.45, 2.75) is 6.54 Å². The van der Waals surface area contributed by atoms with Crippen LogP contribution in [0, 0.1) is 0 Å². The summed E-state index contributed by atoms with van der Waals surface area (Å²) in [5.74, 6) is 2.35. The molecule has 0 saturated heterocycles. The molecule has 22 heavy (non-hydrogen) atoms. The molecular weight excluding hydrogens is 296 g/mol. The van der Waals surface area contributed by atoms with Crippen LogP contribution in [0.25, 0.3) is 0 Å². The summed E-state index contributed by atoms with van der Waals surface area (Å²) in [4.78, 5) is 4.25. The lowest BCUT2D eigenvalue weighted by atomic mass is 10.2. The molecule has 0 unspecified atom stereocenters. The molecule has 110 valence electrons. The van der Waals surface area contributed by atoms with Crippen molar-refractivity contribution >= 4 is 17.4 Å². The van der Waals surface area contributed by atoms with Gasteiger partial charge in [-0.25, -0.2) is 4.98 Å². The average molecular weight is 311 g/mol. The number of hydrogen-bond donors (Lipinski definition) is 1. The summed E-state index contributed by atoms with van der Waals surface area (Å²) in [6, 6.07) is 21.0. The van der Waals surface area contributed by atoms with Crippen LogP contribution in [0.3, 0.4) is 0 Å². The van der Waals surface area contributed by atoms with Crippen molar-refractivity contribution in [3.8, 4) is 11.5 Å². The van der Waals surface area contributed by atoms with Crippen LogP contribution in [0.1, 0.15) is 5.56 Å². The van der Waals surface area contributed by atoms with E-state index < -0.39 is 0 Å². The fourth-order valence-corrected chi connectivity index (χ4v) is 2.24. The molecule has 2 aromatic carbocycles. The van der Waals surface area contributed by atoms with Gasteiger partial charge >= 0.3 is 0 Å². The highest BCUT2D eigenvalue weighted by atomic mass is 35.5. The van der Waals surface area contributed by atoms with Crippen LogP contribution >= 0.6 is 11.6 Å². The van der Waals surface area contributed by atoms with Crippen LogP contribution in [0.15, 0.2) is 72.9 Å². The lowest BCUT2D eigenvalue weighted by Crippen LogP contribution is -2.02. The third-order valence-corrected chi connectivity index (χ3v) is 3.36. The summed E-state index contributed by atoms with van der Waals surface area (Å²) in [6.07, 6.45) is 1.76. The Hall–Kier alpha value is -2.52. The Morgan fingerprint density at radius 3 is 2.64 bits per heavy atom. The molecule has 0 amide bonds. The van der Waals surface area contributed by atoms with E-state index in [1.165, 1.54) is 0 Å². The summed E-state index contributed by atoms with van der Waals surface area (Å²) in [5, 5.41) is 3.94. The van der Waals surface area contributed by atoms with Crippen LogP contribution in [0.4, 0.5) is 5.82 Å². The van der Waals surface area contributed by atoms with E-state index in [4.69, 9.17) is 16.3 Å². The highest BCUT2D eigenvalue weighted by molar-refractivity contribution is 6.30. The predicted molar refractivity (Wildman–Crippen MR) is 89.5 cm³/mol. The quantitative estimate of drug-likeness (QED) is 0.708. The molecule has 3 rings (SSSR count). The van der Waals surface area contributed by atoms with Gasteiger partial charge < -0.3 is 10.1 Å². The first kappa shape index (κ1) is 14.4. The van der Waals surface area contributed by atoms with Gasteiger partial charge in [-0.15, -0.1) is 0 Å². The van der Waals surface area contributed by atoms with E-state index >= 15 is 0 Å². The van der Waals surface area contributed by atoms with Gasteiger partial charge in [-0.2, -0.15) is 0 Å². The topological polar surface area (TPSA) is 34.1 Å². The largest absolute Gasteiger partial charge is 0.457 e. The fourth-order valence-electron chi connectivity index (χ4n) is 2.06. The molecule has 0 fully saturated rings. The Kier molecular flexibility index (Phi) is 4.56. The molecule has 0 spiro atoms. The maximum atomic E-state index is 5.99. The van der Waals surface area contributed by atoms with E-state index in [0.29, 0.717) is 11.6 Å². The Bertz CT molecular complexity index is 747. The third kappa shape index (κ3) is 3.77. The van der Waals surface area contributed by atoms with Crippen molar-refractivity contribution in [2.24, 2.45) is 0 Å². The molecule has 1 heterocycles. The van der Waals surface area contributed by atoms with Crippen LogP contribution in [-0.2, 0) is 6.54 Å². The number of nitrogens with one attached hydrogen (secondary N) is 1. The summed E-state index contributed by atoms with van der Waals surface area (Å²) in [5.41, 5.74) is 1.05. The first-order valence-electron chi connectivity index (χ1n) is 6.97. The van der Waals surface area contributed by atoms with Crippen LogP contribution in [-0.4, -0.2) is 4.98 Å². The van der Waals surface area contributed by atoms with E-state index in [2.05, 4.69) is 10.3 Å². The molecule has 0 atom stereocenters. The SMILES string of the molecule is Clc1cccc(Oc2ccccc2CNc2ccccn2)c1. The van der Waals surface area contributed by atoms with Gasteiger partial charge in [0.25, 0.3) is 0 Å². The minimum atomic E-state index is 0.633. The zero-order valence-electron chi connectivity index (χ0n) is 11.9. The normalized spacial score (nSPS) is 10.2. The van der Waals surface area contributed by atoms with Crippen LogP contribution < -0.4 is 10.1 Å². The molecule has 4 heteroatoms. The van der Waals surface area contributed by atoms with Crippen molar-refractivity contribution in [2.75, 3.05) is 5.32 Å². The van der Waals surface area contributed by atoms with Gasteiger partial charge in [0.2, 0.25) is 0 Å². The monoisotopic (exact) mass is 310 g/mol. The Labute approximate surface area is 134 Å². The van der Waals surface area contributed by atoms with Gasteiger partial charge in [0, 0.05) is 23.3 Å². The molecular formula is C18H15ClN2O. The molecule has 0 aliphatic rings. The second-order valence-electron chi connectivity index (χ2n) is 4.74. The number of benzene rings is 2. The fraction of sp³-hybridized carbons (Fsp3) is 0.0556. The van der Waals surface area contributed by atoms with Gasteiger partial charge in [0.1, 0.15) is 17.3 Å². The zero-order valence-corrected chi connectivity index (χ0v) is 12.6. The van der Waals surface area contributed by atoms with Gasteiger partial charge in [-0.05, 0) is 36.4 Å². The third-order valence-electron chi connectivity index (χ3n) is 3.12. The zero-order chi connectivity index (χ0) is 15.2. The molecule has 0 bridgehead atoms. The van der Waals surface area contributed by atoms with Crippen LogP contribution in [0.2, 0.25) is 5.02 Å². The first-order chi connectivity index (χ1) is 10.8. The van der Waals surface area contributed by atoms with E-state index in [1.807, 2.05) is 60.7 Å². The molecule has 3 aromatic rings. The Balaban J connectivity index is 1.75. The number of nitrogens with zero attached hydrogens (tertiary/aromatic N) is 1. The molecule has 1 aromatic heterocycles. The van der Waals surface area contributed by atoms with E-state index in [1.54, 1.807) is 12.3 Å². The number of rotatable bonds is 5. The molecule has 3 nitrogen and oxygen atoms in total. The van der Waals surface area contributed by atoms with Crippen molar-refractivity contribution in [3.05, 3.63) is 83.5 Å². The summed E-state index contributed by atoms with van der Waals surface area (Å²) < 4.78 is 5.93. The number of anilines is 1. The lowest BCUT2D eigenvalue weighted by molar-refractivity contribution is 0.477. The van der Waals surface area contributed by atoms with Gasteiger partial charge in [0.05, 0.1) is 0 Å². The van der Waals surface area contributed by atoms with E-state index in [-0.39, 0.29) is 0 Å².